The molecule has 12 heavy (non-hydrogen) atoms. The van der Waals surface area contributed by atoms with E-state index in [1.165, 1.54) is 0 Å². The van der Waals surface area contributed by atoms with Crippen LogP contribution >= 0.6 is 0 Å². The molecule has 0 aromatic carbocycles. The summed E-state index contributed by atoms with van der Waals surface area (Å²) in [4.78, 5) is 12.1. The Balaban J connectivity index is 3.71. The zero-order valence-electron chi connectivity index (χ0n) is 7.42. The number of hydrogen-bond donors (Lipinski definition) is 1. The van der Waals surface area contributed by atoms with Gasteiger partial charge in [-0.1, -0.05) is 19.3 Å². The van der Waals surface area contributed by atoms with Gasteiger partial charge in [0.15, 0.2) is 0 Å². The summed E-state index contributed by atoms with van der Waals surface area (Å²) < 4.78 is 0. The average molecular weight is 169 g/mol. The van der Waals surface area contributed by atoms with Gasteiger partial charge in [0.1, 0.15) is 0 Å². The summed E-state index contributed by atoms with van der Waals surface area (Å²) in [6.45, 7) is 3.30. The Morgan fingerprint density at radius 2 is 2.33 bits per heavy atom. The third kappa shape index (κ3) is 5.75. The summed E-state index contributed by atoms with van der Waals surface area (Å²) >= 11 is 0. The second kappa shape index (κ2) is 6.68. The zero-order chi connectivity index (χ0) is 9.40. The average Bonchev–Trinajstić information content (AvgIpc) is 2.00. The van der Waals surface area contributed by atoms with E-state index in [0.29, 0.717) is 6.54 Å². The van der Waals surface area contributed by atoms with Crippen LogP contribution in [0.1, 0.15) is 19.8 Å². The molecular weight excluding hydrogens is 154 g/mol. The molecule has 0 radical (unpaired) electrons. The molecule has 68 valence electrons. The van der Waals surface area contributed by atoms with Crippen molar-refractivity contribution in [3.63, 3.8) is 0 Å². The molecule has 0 unspecified atom stereocenters. The molecule has 0 rings (SSSR count). The van der Waals surface area contributed by atoms with Gasteiger partial charge in [0.25, 0.3) is 0 Å². The first-order valence-corrected chi connectivity index (χ1v) is 4.08. The van der Waals surface area contributed by atoms with Gasteiger partial charge in [0.2, 0.25) is 0 Å². The molecular formula is C9H15NO2. The molecule has 0 aliphatic rings. The van der Waals surface area contributed by atoms with Crippen molar-refractivity contribution in [1.82, 2.24) is 4.90 Å². The van der Waals surface area contributed by atoms with Crippen LogP contribution in [0.5, 0.6) is 0 Å². The van der Waals surface area contributed by atoms with E-state index in [1.807, 2.05) is 0 Å². The van der Waals surface area contributed by atoms with E-state index in [-0.39, 0.29) is 6.54 Å². The lowest BCUT2D eigenvalue weighted by Crippen LogP contribution is -2.31. The summed E-state index contributed by atoms with van der Waals surface area (Å²) in [6.07, 6.45) is 7.14. The maximum Gasteiger partial charge on any atom is 0.317 e. The van der Waals surface area contributed by atoms with Gasteiger partial charge in [-0.05, 0) is 13.0 Å². The molecule has 0 heterocycles. The molecule has 0 bridgehead atoms. The smallest absolute Gasteiger partial charge is 0.317 e. The maximum atomic E-state index is 10.3. The first-order chi connectivity index (χ1) is 5.70. The van der Waals surface area contributed by atoms with E-state index in [4.69, 9.17) is 11.5 Å². The van der Waals surface area contributed by atoms with Gasteiger partial charge < -0.3 is 5.11 Å². The highest BCUT2D eigenvalue weighted by Crippen LogP contribution is 1.93. The summed E-state index contributed by atoms with van der Waals surface area (Å²) in [5.41, 5.74) is 0. The van der Waals surface area contributed by atoms with Gasteiger partial charge in [-0.25, -0.2) is 0 Å². The van der Waals surface area contributed by atoms with Crippen LogP contribution in [0, 0.1) is 12.3 Å². The van der Waals surface area contributed by atoms with Crippen LogP contribution in [0.15, 0.2) is 0 Å². The molecule has 0 aliphatic heterocycles. The molecule has 0 fully saturated rings. The number of hydrogen-bond acceptors (Lipinski definition) is 2. The largest absolute Gasteiger partial charge is 0.480 e. The van der Waals surface area contributed by atoms with E-state index in [0.717, 1.165) is 19.4 Å². The monoisotopic (exact) mass is 169 g/mol. The molecule has 3 heteroatoms. The van der Waals surface area contributed by atoms with Crippen molar-refractivity contribution < 1.29 is 9.90 Å². The number of aliphatic carboxylic acids is 1. The number of terminal acetylenes is 1. The quantitative estimate of drug-likeness (QED) is 0.598. The van der Waals surface area contributed by atoms with Crippen LogP contribution in [-0.2, 0) is 4.79 Å². The fourth-order valence-electron chi connectivity index (χ4n) is 0.916. The van der Waals surface area contributed by atoms with Crippen molar-refractivity contribution in [1.29, 1.82) is 0 Å². The fourth-order valence-corrected chi connectivity index (χ4v) is 0.916. The van der Waals surface area contributed by atoms with Crippen LogP contribution < -0.4 is 0 Å². The van der Waals surface area contributed by atoms with Crippen LogP contribution in [-0.4, -0.2) is 35.6 Å². The van der Waals surface area contributed by atoms with Crippen molar-refractivity contribution in [2.24, 2.45) is 0 Å². The van der Waals surface area contributed by atoms with Crippen molar-refractivity contribution >= 4 is 5.97 Å². The summed E-state index contributed by atoms with van der Waals surface area (Å²) in [6, 6.07) is 0. The number of carboxylic acid groups (broad SMARTS) is 1. The lowest BCUT2D eigenvalue weighted by molar-refractivity contribution is -0.138. The molecule has 3 nitrogen and oxygen atoms in total. The second-order valence-electron chi connectivity index (χ2n) is 2.66. The first kappa shape index (κ1) is 11.0. The number of rotatable bonds is 6. The fraction of sp³-hybridized carbons (Fsp3) is 0.667. The Morgan fingerprint density at radius 1 is 1.67 bits per heavy atom. The van der Waals surface area contributed by atoms with Gasteiger partial charge in [0.05, 0.1) is 13.1 Å². The Labute approximate surface area is 73.4 Å². The highest BCUT2D eigenvalue weighted by molar-refractivity contribution is 5.69. The Bertz CT molecular complexity index is 172. The van der Waals surface area contributed by atoms with E-state index in [2.05, 4.69) is 12.8 Å². The second-order valence-corrected chi connectivity index (χ2v) is 2.66. The third-order valence-electron chi connectivity index (χ3n) is 1.50. The minimum absolute atomic E-state index is 0.0458. The van der Waals surface area contributed by atoms with Crippen molar-refractivity contribution in [2.45, 2.75) is 19.8 Å². The first-order valence-electron chi connectivity index (χ1n) is 4.08. The van der Waals surface area contributed by atoms with Gasteiger partial charge in [-0.3, -0.25) is 9.69 Å². The molecule has 0 aromatic heterocycles. The predicted octanol–water partition coefficient (Wildman–Crippen LogP) is 0.806. The van der Waals surface area contributed by atoms with Gasteiger partial charge in [-0.2, -0.15) is 0 Å². The Hall–Kier alpha value is -1.01. The molecule has 0 saturated carbocycles. The van der Waals surface area contributed by atoms with Crippen molar-refractivity contribution in [3.05, 3.63) is 0 Å². The van der Waals surface area contributed by atoms with Crippen LogP contribution in [0.3, 0.4) is 0 Å². The SMILES string of the molecule is C#CCN(CCCC)CC(=O)O. The molecule has 0 aromatic rings. The molecule has 1 N–H and O–H groups in total. The maximum absolute atomic E-state index is 10.3. The summed E-state index contributed by atoms with van der Waals surface area (Å²) in [5, 5.41) is 8.50. The Kier molecular flexibility index (Phi) is 6.12. The van der Waals surface area contributed by atoms with Gasteiger partial charge in [-0.15, -0.1) is 6.42 Å². The number of carboxylic acids is 1. The van der Waals surface area contributed by atoms with Crippen LogP contribution in [0.2, 0.25) is 0 Å². The van der Waals surface area contributed by atoms with E-state index >= 15 is 0 Å². The molecule has 0 amide bonds. The van der Waals surface area contributed by atoms with E-state index in [9.17, 15) is 4.79 Å². The minimum atomic E-state index is -0.818. The number of nitrogens with zero attached hydrogens (tertiary/aromatic N) is 1. The topological polar surface area (TPSA) is 40.5 Å². The predicted molar refractivity (Wildman–Crippen MR) is 47.8 cm³/mol. The molecule has 0 atom stereocenters. The van der Waals surface area contributed by atoms with Gasteiger partial charge in [0, 0.05) is 0 Å². The lowest BCUT2D eigenvalue weighted by Gasteiger charge is -2.16. The molecule has 0 aliphatic carbocycles. The van der Waals surface area contributed by atoms with E-state index in [1.54, 1.807) is 4.90 Å². The molecule has 0 saturated heterocycles. The highest BCUT2D eigenvalue weighted by atomic mass is 16.4. The van der Waals surface area contributed by atoms with E-state index < -0.39 is 5.97 Å². The highest BCUT2D eigenvalue weighted by Gasteiger charge is 2.06. The minimum Gasteiger partial charge on any atom is -0.480 e. The number of unbranched alkanes of at least 4 members (excludes halogenated alkanes) is 1. The van der Waals surface area contributed by atoms with Gasteiger partial charge >= 0.3 is 5.97 Å². The number of carbonyl (C=O) groups is 1. The lowest BCUT2D eigenvalue weighted by atomic mass is 10.3. The Morgan fingerprint density at radius 3 is 2.75 bits per heavy atom. The summed E-state index contributed by atoms with van der Waals surface area (Å²) in [7, 11) is 0. The normalized spacial score (nSPS) is 9.75. The van der Waals surface area contributed by atoms with Crippen molar-refractivity contribution in [3.8, 4) is 12.3 Å². The van der Waals surface area contributed by atoms with Crippen molar-refractivity contribution in [2.75, 3.05) is 19.6 Å². The summed E-state index contributed by atoms with van der Waals surface area (Å²) in [5.74, 6) is 1.63. The van der Waals surface area contributed by atoms with Crippen LogP contribution in [0.4, 0.5) is 0 Å². The standard InChI is InChI=1S/C9H15NO2/c1-3-5-7-10(6-4-2)8-9(11)12/h2H,3,5-8H2,1H3,(H,11,12). The van der Waals surface area contributed by atoms with Crippen LogP contribution in [0.25, 0.3) is 0 Å². The molecule has 0 spiro atoms. The zero-order valence-corrected chi connectivity index (χ0v) is 7.42. The third-order valence-corrected chi connectivity index (χ3v) is 1.50.